The van der Waals surface area contributed by atoms with Crippen molar-refractivity contribution in [3.63, 3.8) is 0 Å². The Kier molecular flexibility index (Phi) is 4.61. The predicted molar refractivity (Wildman–Crippen MR) is 52.9 cm³/mol. The van der Waals surface area contributed by atoms with Gasteiger partial charge in [0.05, 0.1) is 10.9 Å². The van der Waals surface area contributed by atoms with Crippen LogP contribution in [0.4, 0.5) is 0 Å². The first-order valence-corrected chi connectivity index (χ1v) is 4.96. The van der Waals surface area contributed by atoms with Crippen LogP contribution in [-0.2, 0) is 11.3 Å². The van der Waals surface area contributed by atoms with Crippen molar-refractivity contribution in [1.82, 2.24) is 5.32 Å². The van der Waals surface area contributed by atoms with Gasteiger partial charge in [0.2, 0.25) is 0 Å². The molecular weight excluding hydrogens is 194 g/mol. The summed E-state index contributed by atoms with van der Waals surface area (Å²) in [6.45, 7) is 2.51. The van der Waals surface area contributed by atoms with Gasteiger partial charge in [-0.15, -0.1) is 11.3 Å². The van der Waals surface area contributed by atoms with E-state index in [4.69, 9.17) is 16.3 Å². The average Bonchev–Trinajstić information content (AvgIpc) is 2.45. The van der Waals surface area contributed by atoms with Crippen LogP contribution in [-0.4, -0.2) is 20.3 Å². The quantitative estimate of drug-likeness (QED) is 0.744. The lowest BCUT2D eigenvalue weighted by Crippen LogP contribution is -2.17. The molecule has 0 spiro atoms. The van der Waals surface area contributed by atoms with Crippen molar-refractivity contribution in [2.45, 2.75) is 6.54 Å². The van der Waals surface area contributed by atoms with E-state index in [0.717, 1.165) is 24.0 Å². The van der Waals surface area contributed by atoms with Gasteiger partial charge in [0.15, 0.2) is 0 Å². The summed E-state index contributed by atoms with van der Waals surface area (Å²) >= 11 is 7.37. The largest absolute Gasteiger partial charge is 0.383 e. The molecule has 1 aromatic heterocycles. The third kappa shape index (κ3) is 3.54. The van der Waals surface area contributed by atoms with E-state index in [1.54, 1.807) is 18.4 Å². The van der Waals surface area contributed by atoms with Crippen LogP contribution < -0.4 is 5.32 Å². The zero-order valence-corrected chi connectivity index (χ0v) is 8.54. The van der Waals surface area contributed by atoms with Crippen LogP contribution in [0, 0.1) is 0 Å². The Morgan fingerprint density at radius 3 is 3.00 bits per heavy atom. The SMILES string of the molecule is COCCNCc1ccc(Cl)s1. The molecule has 1 heterocycles. The smallest absolute Gasteiger partial charge is 0.0931 e. The van der Waals surface area contributed by atoms with E-state index < -0.39 is 0 Å². The average molecular weight is 206 g/mol. The van der Waals surface area contributed by atoms with Crippen LogP contribution in [0.3, 0.4) is 0 Å². The molecule has 0 aliphatic rings. The number of hydrogen-bond donors (Lipinski definition) is 1. The highest BCUT2D eigenvalue weighted by molar-refractivity contribution is 7.16. The van der Waals surface area contributed by atoms with E-state index in [1.165, 1.54) is 4.88 Å². The van der Waals surface area contributed by atoms with Crippen LogP contribution in [0.15, 0.2) is 12.1 Å². The Labute approximate surface area is 81.5 Å². The zero-order valence-electron chi connectivity index (χ0n) is 6.97. The second-order valence-electron chi connectivity index (χ2n) is 2.38. The maximum atomic E-state index is 5.77. The van der Waals surface area contributed by atoms with E-state index in [9.17, 15) is 0 Å². The first-order chi connectivity index (χ1) is 5.83. The van der Waals surface area contributed by atoms with Gasteiger partial charge in [-0.2, -0.15) is 0 Å². The summed E-state index contributed by atoms with van der Waals surface area (Å²) in [5.41, 5.74) is 0. The Hall–Kier alpha value is -0.0900. The van der Waals surface area contributed by atoms with Gasteiger partial charge in [0.1, 0.15) is 0 Å². The fraction of sp³-hybridized carbons (Fsp3) is 0.500. The molecule has 1 rings (SSSR count). The second-order valence-corrected chi connectivity index (χ2v) is 4.18. The van der Waals surface area contributed by atoms with E-state index in [0.29, 0.717) is 0 Å². The molecule has 0 bridgehead atoms. The summed E-state index contributed by atoms with van der Waals surface area (Å²) < 4.78 is 5.75. The molecule has 0 saturated carbocycles. The van der Waals surface area contributed by atoms with Crippen LogP contribution in [0.2, 0.25) is 4.34 Å². The summed E-state index contributed by atoms with van der Waals surface area (Å²) in [5.74, 6) is 0. The lowest BCUT2D eigenvalue weighted by molar-refractivity contribution is 0.199. The molecule has 0 aromatic carbocycles. The van der Waals surface area contributed by atoms with Crippen LogP contribution in [0.25, 0.3) is 0 Å². The lowest BCUT2D eigenvalue weighted by atomic mass is 10.4. The molecule has 1 N–H and O–H groups in total. The number of hydrogen-bond acceptors (Lipinski definition) is 3. The first kappa shape index (κ1) is 9.99. The zero-order chi connectivity index (χ0) is 8.81. The fourth-order valence-corrected chi connectivity index (χ4v) is 1.89. The Balaban J connectivity index is 2.15. The topological polar surface area (TPSA) is 21.3 Å². The predicted octanol–water partition coefficient (Wildman–Crippen LogP) is 2.14. The molecule has 0 amide bonds. The number of nitrogens with one attached hydrogen (secondary N) is 1. The van der Waals surface area contributed by atoms with E-state index in [1.807, 2.05) is 12.1 Å². The van der Waals surface area contributed by atoms with Crippen molar-refractivity contribution in [1.29, 1.82) is 0 Å². The molecule has 0 atom stereocenters. The highest BCUT2D eigenvalue weighted by atomic mass is 35.5. The van der Waals surface area contributed by atoms with Gasteiger partial charge >= 0.3 is 0 Å². The number of halogens is 1. The molecule has 0 aliphatic heterocycles. The number of ether oxygens (including phenoxy) is 1. The molecule has 4 heteroatoms. The molecule has 68 valence electrons. The van der Waals surface area contributed by atoms with Crippen molar-refractivity contribution >= 4 is 22.9 Å². The van der Waals surface area contributed by atoms with Crippen LogP contribution in [0.5, 0.6) is 0 Å². The third-order valence-corrected chi connectivity index (χ3v) is 2.64. The molecule has 0 unspecified atom stereocenters. The molecular formula is C8H12ClNOS. The Morgan fingerprint density at radius 2 is 2.42 bits per heavy atom. The Morgan fingerprint density at radius 1 is 1.58 bits per heavy atom. The maximum Gasteiger partial charge on any atom is 0.0931 e. The van der Waals surface area contributed by atoms with Crippen molar-refractivity contribution in [3.05, 3.63) is 21.3 Å². The van der Waals surface area contributed by atoms with Crippen molar-refractivity contribution < 1.29 is 4.74 Å². The molecule has 0 radical (unpaired) electrons. The van der Waals surface area contributed by atoms with Crippen molar-refractivity contribution in [2.75, 3.05) is 20.3 Å². The van der Waals surface area contributed by atoms with Gasteiger partial charge in [-0.1, -0.05) is 11.6 Å². The van der Waals surface area contributed by atoms with Crippen molar-refractivity contribution in [3.8, 4) is 0 Å². The molecule has 12 heavy (non-hydrogen) atoms. The van der Waals surface area contributed by atoms with Crippen molar-refractivity contribution in [2.24, 2.45) is 0 Å². The minimum absolute atomic E-state index is 0.749. The van der Waals surface area contributed by atoms with E-state index in [2.05, 4.69) is 5.32 Å². The molecule has 0 fully saturated rings. The van der Waals surface area contributed by atoms with Gasteiger partial charge in [-0.3, -0.25) is 0 Å². The highest BCUT2D eigenvalue weighted by Crippen LogP contribution is 2.20. The van der Waals surface area contributed by atoms with Gasteiger partial charge in [-0.05, 0) is 12.1 Å². The maximum absolute atomic E-state index is 5.77. The van der Waals surface area contributed by atoms with Gasteiger partial charge in [0.25, 0.3) is 0 Å². The summed E-state index contributed by atoms with van der Waals surface area (Å²) in [5, 5.41) is 3.24. The normalized spacial score (nSPS) is 10.5. The van der Waals surface area contributed by atoms with Crippen LogP contribution >= 0.6 is 22.9 Å². The Bertz CT molecular complexity index is 227. The molecule has 0 aliphatic carbocycles. The highest BCUT2D eigenvalue weighted by Gasteiger charge is 1.95. The summed E-state index contributed by atoms with van der Waals surface area (Å²) in [4.78, 5) is 1.26. The minimum atomic E-state index is 0.749. The molecule has 0 saturated heterocycles. The second kappa shape index (κ2) is 5.54. The number of thiophene rings is 1. The van der Waals surface area contributed by atoms with Gasteiger partial charge in [0, 0.05) is 25.1 Å². The monoisotopic (exact) mass is 205 g/mol. The first-order valence-electron chi connectivity index (χ1n) is 3.77. The van der Waals surface area contributed by atoms with E-state index in [-0.39, 0.29) is 0 Å². The van der Waals surface area contributed by atoms with E-state index >= 15 is 0 Å². The standard InChI is InChI=1S/C8H12ClNOS/c1-11-5-4-10-6-7-2-3-8(9)12-7/h2-3,10H,4-6H2,1H3. The number of methoxy groups -OCH3 is 1. The summed E-state index contributed by atoms with van der Waals surface area (Å²) in [7, 11) is 1.70. The van der Waals surface area contributed by atoms with Gasteiger partial charge in [-0.25, -0.2) is 0 Å². The van der Waals surface area contributed by atoms with Crippen LogP contribution in [0.1, 0.15) is 4.88 Å². The lowest BCUT2D eigenvalue weighted by Gasteiger charge is -2.00. The molecule has 1 aromatic rings. The fourth-order valence-electron chi connectivity index (χ4n) is 0.833. The number of rotatable bonds is 5. The van der Waals surface area contributed by atoms with Gasteiger partial charge < -0.3 is 10.1 Å². The minimum Gasteiger partial charge on any atom is -0.383 e. The summed E-state index contributed by atoms with van der Waals surface area (Å²) in [6.07, 6.45) is 0. The third-order valence-electron chi connectivity index (χ3n) is 1.41. The molecule has 2 nitrogen and oxygen atoms in total. The summed E-state index contributed by atoms with van der Waals surface area (Å²) in [6, 6.07) is 3.95.